The van der Waals surface area contributed by atoms with Crippen LogP contribution in [-0.2, 0) is 0 Å². The van der Waals surface area contributed by atoms with Gasteiger partial charge in [-0.15, -0.1) is 0 Å². The van der Waals surface area contributed by atoms with Crippen LogP contribution in [0.4, 0.5) is 10.2 Å². The summed E-state index contributed by atoms with van der Waals surface area (Å²) in [7, 11) is 1.68. The van der Waals surface area contributed by atoms with E-state index in [1.807, 2.05) is 12.1 Å². The SMILES string of the molecule is COc1cccc(C(CNc2ncnc3ccc(F)cc23)N2CCCC2)c1. The molecule has 2 heterocycles. The van der Waals surface area contributed by atoms with Crippen LogP contribution in [0, 0.1) is 5.82 Å². The van der Waals surface area contributed by atoms with E-state index in [1.165, 1.54) is 36.9 Å². The van der Waals surface area contributed by atoms with Crippen molar-refractivity contribution in [2.24, 2.45) is 0 Å². The number of aromatic nitrogens is 2. The van der Waals surface area contributed by atoms with Gasteiger partial charge in [0, 0.05) is 11.9 Å². The van der Waals surface area contributed by atoms with Crippen LogP contribution >= 0.6 is 0 Å². The molecule has 0 radical (unpaired) electrons. The number of hydrogen-bond donors (Lipinski definition) is 1. The molecule has 0 spiro atoms. The molecule has 1 saturated heterocycles. The third-order valence-electron chi connectivity index (χ3n) is 5.12. The second-order valence-electron chi connectivity index (χ2n) is 6.80. The van der Waals surface area contributed by atoms with Gasteiger partial charge in [0.05, 0.1) is 18.7 Å². The molecule has 1 aromatic heterocycles. The third kappa shape index (κ3) is 3.85. The van der Waals surface area contributed by atoms with Crippen molar-refractivity contribution in [1.29, 1.82) is 0 Å². The fourth-order valence-electron chi connectivity index (χ4n) is 3.72. The molecule has 1 N–H and O–H groups in total. The maximum Gasteiger partial charge on any atom is 0.137 e. The van der Waals surface area contributed by atoms with Crippen LogP contribution in [0.5, 0.6) is 5.75 Å². The summed E-state index contributed by atoms with van der Waals surface area (Å²) in [5.74, 6) is 1.22. The average Bonchev–Trinajstić information content (AvgIpc) is 3.23. The van der Waals surface area contributed by atoms with Crippen LogP contribution < -0.4 is 10.1 Å². The van der Waals surface area contributed by atoms with E-state index in [0.29, 0.717) is 17.7 Å². The van der Waals surface area contributed by atoms with E-state index in [0.717, 1.165) is 24.4 Å². The predicted molar refractivity (Wildman–Crippen MR) is 105 cm³/mol. The van der Waals surface area contributed by atoms with Gasteiger partial charge in [-0.2, -0.15) is 0 Å². The van der Waals surface area contributed by atoms with Gasteiger partial charge >= 0.3 is 0 Å². The van der Waals surface area contributed by atoms with Gasteiger partial charge in [0.1, 0.15) is 23.7 Å². The zero-order valence-corrected chi connectivity index (χ0v) is 15.4. The van der Waals surface area contributed by atoms with Gasteiger partial charge in [-0.05, 0) is 61.8 Å². The second kappa shape index (κ2) is 7.88. The Labute approximate surface area is 158 Å². The fourth-order valence-corrected chi connectivity index (χ4v) is 3.72. The lowest BCUT2D eigenvalue weighted by molar-refractivity contribution is 0.255. The smallest absolute Gasteiger partial charge is 0.137 e. The van der Waals surface area contributed by atoms with E-state index in [-0.39, 0.29) is 11.9 Å². The highest BCUT2D eigenvalue weighted by Crippen LogP contribution is 2.29. The summed E-state index contributed by atoms with van der Waals surface area (Å²) in [4.78, 5) is 11.0. The van der Waals surface area contributed by atoms with Gasteiger partial charge in [-0.1, -0.05) is 12.1 Å². The van der Waals surface area contributed by atoms with Crippen molar-refractivity contribution in [2.75, 3.05) is 32.1 Å². The minimum Gasteiger partial charge on any atom is -0.497 e. The molecule has 1 atom stereocenters. The van der Waals surface area contributed by atoms with E-state index in [4.69, 9.17) is 4.74 Å². The Morgan fingerprint density at radius 1 is 1.15 bits per heavy atom. The highest BCUT2D eigenvalue weighted by molar-refractivity contribution is 5.88. The van der Waals surface area contributed by atoms with Crippen molar-refractivity contribution in [3.05, 3.63) is 60.2 Å². The molecule has 1 unspecified atom stereocenters. The number of halogens is 1. The lowest BCUT2D eigenvalue weighted by Gasteiger charge is -2.28. The molecular formula is C21H23FN4O. The van der Waals surface area contributed by atoms with Crippen LogP contribution in [0.15, 0.2) is 48.8 Å². The van der Waals surface area contributed by atoms with Crippen LogP contribution in [0.2, 0.25) is 0 Å². The number of methoxy groups -OCH3 is 1. The molecule has 27 heavy (non-hydrogen) atoms. The first-order valence-electron chi connectivity index (χ1n) is 9.27. The summed E-state index contributed by atoms with van der Waals surface area (Å²) in [6.07, 6.45) is 3.93. The van der Waals surface area contributed by atoms with Crippen LogP contribution in [0.3, 0.4) is 0 Å². The minimum absolute atomic E-state index is 0.196. The Morgan fingerprint density at radius 3 is 2.81 bits per heavy atom. The summed E-state index contributed by atoms with van der Waals surface area (Å²) in [5.41, 5.74) is 1.93. The maximum absolute atomic E-state index is 13.7. The summed E-state index contributed by atoms with van der Waals surface area (Å²) in [6, 6.07) is 13.0. The molecule has 2 aromatic carbocycles. The molecule has 1 aliphatic rings. The first kappa shape index (κ1) is 17.7. The van der Waals surface area contributed by atoms with Crippen molar-refractivity contribution in [3.8, 4) is 5.75 Å². The molecule has 0 aliphatic carbocycles. The number of benzene rings is 2. The molecule has 0 amide bonds. The molecular weight excluding hydrogens is 343 g/mol. The number of rotatable bonds is 6. The number of nitrogens with one attached hydrogen (secondary N) is 1. The van der Waals surface area contributed by atoms with E-state index < -0.39 is 0 Å². The van der Waals surface area contributed by atoms with E-state index >= 15 is 0 Å². The Hall–Kier alpha value is -2.73. The summed E-state index contributed by atoms with van der Waals surface area (Å²) < 4.78 is 19.1. The standard InChI is InChI=1S/C21H23FN4O/c1-27-17-6-4-5-15(11-17)20(26-9-2-3-10-26)13-23-21-18-12-16(22)7-8-19(18)24-14-25-21/h4-8,11-12,14,20H,2-3,9-10,13H2,1H3,(H,23,24,25). The topological polar surface area (TPSA) is 50.3 Å². The minimum atomic E-state index is -0.288. The highest BCUT2D eigenvalue weighted by atomic mass is 19.1. The molecule has 140 valence electrons. The largest absolute Gasteiger partial charge is 0.497 e. The predicted octanol–water partition coefficient (Wildman–Crippen LogP) is 4.03. The maximum atomic E-state index is 13.7. The van der Waals surface area contributed by atoms with Crippen LogP contribution in [0.1, 0.15) is 24.4 Å². The van der Waals surface area contributed by atoms with Gasteiger partial charge in [0.2, 0.25) is 0 Å². The number of anilines is 1. The number of likely N-dealkylation sites (tertiary alicyclic amines) is 1. The molecule has 0 saturated carbocycles. The van der Waals surface area contributed by atoms with Crippen molar-refractivity contribution in [3.63, 3.8) is 0 Å². The monoisotopic (exact) mass is 366 g/mol. The van der Waals surface area contributed by atoms with Gasteiger partial charge in [0.25, 0.3) is 0 Å². The molecule has 4 rings (SSSR count). The molecule has 1 aliphatic heterocycles. The molecule has 5 nitrogen and oxygen atoms in total. The summed E-state index contributed by atoms with van der Waals surface area (Å²) in [6.45, 7) is 2.82. The Bertz CT molecular complexity index is 927. The Morgan fingerprint density at radius 2 is 2.00 bits per heavy atom. The Balaban J connectivity index is 1.61. The lowest BCUT2D eigenvalue weighted by Crippen LogP contribution is -2.31. The lowest BCUT2D eigenvalue weighted by atomic mass is 10.0. The average molecular weight is 366 g/mol. The van der Waals surface area contributed by atoms with E-state index in [1.54, 1.807) is 13.2 Å². The number of hydrogen-bond acceptors (Lipinski definition) is 5. The van der Waals surface area contributed by atoms with Gasteiger partial charge < -0.3 is 10.1 Å². The first-order valence-corrected chi connectivity index (χ1v) is 9.27. The molecule has 1 fully saturated rings. The van der Waals surface area contributed by atoms with Crippen molar-refractivity contribution in [2.45, 2.75) is 18.9 Å². The number of fused-ring (bicyclic) bond motifs is 1. The Kier molecular flexibility index (Phi) is 5.16. The number of nitrogens with zero attached hydrogens (tertiary/aromatic N) is 3. The third-order valence-corrected chi connectivity index (χ3v) is 5.12. The van der Waals surface area contributed by atoms with Gasteiger partial charge in [-0.25, -0.2) is 14.4 Å². The van der Waals surface area contributed by atoms with Crippen LogP contribution in [0.25, 0.3) is 10.9 Å². The quantitative estimate of drug-likeness (QED) is 0.714. The zero-order chi connectivity index (χ0) is 18.6. The van der Waals surface area contributed by atoms with Crippen molar-refractivity contribution < 1.29 is 9.13 Å². The summed E-state index contributed by atoms with van der Waals surface area (Å²) >= 11 is 0. The van der Waals surface area contributed by atoms with Crippen molar-refractivity contribution >= 4 is 16.7 Å². The molecule has 6 heteroatoms. The zero-order valence-electron chi connectivity index (χ0n) is 15.4. The number of ether oxygens (including phenoxy) is 1. The highest BCUT2D eigenvalue weighted by Gasteiger charge is 2.24. The summed E-state index contributed by atoms with van der Waals surface area (Å²) in [5, 5.41) is 4.13. The molecule has 0 bridgehead atoms. The van der Waals surface area contributed by atoms with Gasteiger partial charge in [0.15, 0.2) is 0 Å². The molecule has 3 aromatic rings. The normalized spacial score (nSPS) is 15.8. The first-order chi connectivity index (χ1) is 13.2. The van der Waals surface area contributed by atoms with E-state index in [2.05, 4.69) is 32.3 Å². The van der Waals surface area contributed by atoms with E-state index in [9.17, 15) is 4.39 Å². The van der Waals surface area contributed by atoms with Crippen LogP contribution in [-0.4, -0.2) is 41.6 Å². The second-order valence-corrected chi connectivity index (χ2v) is 6.80. The van der Waals surface area contributed by atoms with Gasteiger partial charge in [-0.3, -0.25) is 4.90 Å². The van der Waals surface area contributed by atoms with Crippen molar-refractivity contribution in [1.82, 2.24) is 14.9 Å². The fraction of sp³-hybridized carbons (Fsp3) is 0.333.